The molecule has 0 fully saturated rings. The number of amides is 1. The maximum absolute atomic E-state index is 13.8. The highest BCUT2D eigenvalue weighted by atomic mass is 19.1. The molecule has 0 aliphatic rings. The van der Waals surface area contributed by atoms with Crippen molar-refractivity contribution >= 4 is 22.8 Å². The summed E-state index contributed by atoms with van der Waals surface area (Å²) in [7, 11) is 0. The number of anilines is 1. The Labute approximate surface area is 174 Å². The lowest BCUT2D eigenvalue weighted by molar-refractivity contribution is 0.0525. The number of nitrogens with zero attached hydrogens (tertiary/aromatic N) is 1. The van der Waals surface area contributed by atoms with E-state index in [4.69, 9.17) is 15.2 Å². The van der Waals surface area contributed by atoms with Gasteiger partial charge in [0.2, 0.25) is 0 Å². The van der Waals surface area contributed by atoms with Crippen LogP contribution in [0.25, 0.3) is 10.9 Å². The first-order valence-electron chi connectivity index (χ1n) is 9.82. The van der Waals surface area contributed by atoms with E-state index in [2.05, 4.69) is 15.5 Å². The number of nitrogens with two attached hydrogens (primary N) is 1. The summed E-state index contributed by atoms with van der Waals surface area (Å²) in [6.07, 6.45) is 0.654. The first kappa shape index (κ1) is 21.4. The lowest BCUT2D eigenvalue weighted by atomic mass is 10.0. The van der Waals surface area contributed by atoms with E-state index in [0.29, 0.717) is 37.6 Å². The third kappa shape index (κ3) is 5.85. The Bertz CT molecular complexity index is 1030. The molecule has 0 atom stereocenters. The molecule has 0 unspecified atom stereocenters. The number of halogens is 1. The van der Waals surface area contributed by atoms with E-state index in [1.807, 2.05) is 18.2 Å². The van der Waals surface area contributed by atoms with Crippen molar-refractivity contribution in [2.75, 3.05) is 18.9 Å². The zero-order valence-corrected chi connectivity index (χ0v) is 17.4. The summed E-state index contributed by atoms with van der Waals surface area (Å²) in [6, 6.07) is 10.4. The Morgan fingerprint density at radius 3 is 2.80 bits per heavy atom. The third-order valence-electron chi connectivity index (χ3n) is 4.33. The molecule has 2 aromatic carbocycles. The molecule has 3 rings (SSSR count). The van der Waals surface area contributed by atoms with Gasteiger partial charge >= 0.3 is 6.09 Å². The number of fused-ring (bicyclic) bond motifs is 1. The van der Waals surface area contributed by atoms with Crippen LogP contribution in [0.4, 0.5) is 15.0 Å². The van der Waals surface area contributed by atoms with E-state index in [1.165, 1.54) is 12.1 Å². The lowest BCUT2D eigenvalue weighted by Gasteiger charge is -2.19. The van der Waals surface area contributed by atoms with Crippen molar-refractivity contribution in [3.8, 4) is 5.75 Å². The molecule has 0 aliphatic heterocycles. The highest BCUT2D eigenvalue weighted by Gasteiger charge is 2.15. The van der Waals surface area contributed by atoms with E-state index in [9.17, 15) is 9.18 Å². The van der Waals surface area contributed by atoms with Crippen molar-refractivity contribution in [3.05, 3.63) is 53.3 Å². The number of carbonyl (C=O) groups excluding carboxylic acids is 1. The summed E-state index contributed by atoms with van der Waals surface area (Å²) in [5.41, 5.74) is 8.08. The molecule has 0 bridgehead atoms. The van der Waals surface area contributed by atoms with Crippen LogP contribution in [-0.2, 0) is 11.2 Å². The summed E-state index contributed by atoms with van der Waals surface area (Å²) in [4.78, 5) is 11.7. The van der Waals surface area contributed by atoms with Crippen LogP contribution in [0.5, 0.6) is 5.75 Å². The minimum Gasteiger partial charge on any atom is -0.493 e. The summed E-state index contributed by atoms with van der Waals surface area (Å²) >= 11 is 0. The van der Waals surface area contributed by atoms with Crippen molar-refractivity contribution in [2.45, 2.75) is 39.2 Å². The molecule has 3 aromatic rings. The number of H-pyrrole nitrogens is 1. The van der Waals surface area contributed by atoms with Gasteiger partial charge in [-0.05, 0) is 56.5 Å². The third-order valence-corrected chi connectivity index (χ3v) is 4.33. The monoisotopic (exact) mass is 414 g/mol. The number of rotatable bonds is 7. The van der Waals surface area contributed by atoms with Gasteiger partial charge in [-0.25, -0.2) is 9.18 Å². The normalized spacial score (nSPS) is 11.5. The van der Waals surface area contributed by atoms with Crippen molar-refractivity contribution in [1.82, 2.24) is 15.5 Å². The Balaban J connectivity index is 1.58. The lowest BCUT2D eigenvalue weighted by Crippen LogP contribution is -2.33. The Morgan fingerprint density at radius 1 is 1.23 bits per heavy atom. The fourth-order valence-electron chi connectivity index (χ4n) is 2.98. The van der Waals surface area contributed by atoms with Crippen LogP contribution in [0.3, 0.4) is 0 Å². The fourth-order valence-corrected chi connectivity index (χ4v) is 2.98. The van der Waals surface area contributed by atoms with Crippen LogP contribution in [0, 0.1) is 5.82 Å². The standard InChI is InChI=1S/C22H27FN4O3/c1-22(2,3)30-21(28)25-9-4-10-29-19-13-16(23)7-6-15(19)11-14-5-8-18-17(12-14)20(24)27-26-18/h5-8,12-13H,4,9-11H2,1-3H3,(H,25,28)(H3,24,26,27). The number of nitrogens with one attached hydrogen (secondary N) is 2. The predicted molar refractivity (Wildman–Crippen MR) is 114 cm³/mol. The number of hydrogen-bond donors (Lipinski definition) is 3. The van der Waals surface area contributed by atoms with Gasteiger partial charge in [-0.2, -0.15) is 5.10 Å². The quantitative estimate of drug-likeness (QED) is 0.504. The number of aromatic amines is 1. The van der Waals surface area contributed by atoms with Crippen molar-refractivity contribution in [1.29, 1.82) is 0 Å². The molecule has 0 aliphatic carbocycles. The number of ether oxygens (including phenoxy) is 2. The van der Waals surface area contributed by atoms with Gasteiger partial charge < -0.3 is 20.5 Å². The zero-order chi connectivity index (χ0) is 21.7. The van der Waals surface area contributed by atoms with Gasteiger partial charge in [0, 0.05) is 24.4 Å². The number of aromatic nitrogens is 2. The van der Waals surface area contributed by atoms with E-state index < -0.39 is 11.7 Å². The van der Waals surface area contributed by atoms with Gasteiger partial charge in [0.1, 0.15) is 17.2 Å². The molecular weight excluding hydrogens is 387 g/mol. The molecular formula is C22H27FN4O3. The molecule has 8 heteroatoms. The average molecular weight is 414 g/mol. The molecule has 160 valence electrons. The van der Waals surface area contributed by atoms with Gasteiger partial charge in [0.05, 0.1) is 12.1 Å². The molecule has 7 nitrogen and oxygen atoms in total. The van der Waals surface area contributed by atoms with Crippen LogP contribution in [-0.4, -0.2) is 35.0 Å². The smallest absolute Gasteiger partial charge is 0.407 e. The van der Waals surface area contributed by atoms with Crippen LogP contribution in [0.1, 0.15) is 38.3 Å². The van der Waals surface area contributed by atoms with Crippen molar-refractivity contribution in [2.24, 2.45) is 0 Å². The van der Waals surface area contributed by atoms with Crippen molar-refractivity contribution in [3.63, 3.8) is 0 Å². The first-order valence-corrected chi connectivity index (χ1v) is 9.82. The molecule has 4 N–H and O–H groups in total. The Hall–Kier alpha value is -3.29. The summed E-state index contributed by atoms with van der Waals surface area (Å²) < 4.78 is 24.7. The second kappa shape index (κ2) is 9.02. The molecule has 0 saturated heterocycles. The molecule has 0 radical (unpaired) electrons. The molecule has 30 heavy (non-hydrogen) atoms. The van der Waals surface area contributed by atoms with E-state index >= 15 is 0 Å². The molecule has 0 saturated carbocycles. The van der Waals surface area contributed by atoms with Crippen LogP contribution in [0.15, 0.2) is 36.4 Å². The van der Waals surface area contributed by atoms with E-state index in [1.54, 1.807) is 26.8 Å². The molecule has 1 heterocycles. The van der Waals surface area contributed by atoms with Gasteiger partial charge in [-0.3, -0.25) is 5.10 Å². The highest BCUT2D eigenvalue weighted by molar-refractivity contribution is 5.89. The highest BCUT2D eigenvalue weighted by Crippen LogP contribution is 2.26. The first-order chi connectivity index (χ1) is 14.2. The number of carbonyl (C=O) groups is 1. The van der Waals surface area contributed by atoms with Gasteiger partial charge in [-0.1, -0.05) is 12.1 Å². The summed E-state index contributed by atoms with van der Waals surface area (Å²) in [5.74, 6) is 0.558. The average Bonchev–Trinajstić information content (AvgIpc) is 3.02. The minimum absolute atomic E-state index is 0.333. The second-order valence-electron chi connectivity index (χ2n) is 8.05. The topological polar surface area (TPSA) is 102 Å². The van der Waals surface area contributed by atoms with E-state index in [0.717, 1.165) is 22.0 Å². The zero-order valence-electron chi connectivity index (χ0n) is 17.4. The summed E-state index contributed by atoms with van der Waals surface area (Å²) in [6.45, 7) is 6.15. The SMILES string of the molecule is CC(C)(C)OC(=O)NCCCOc1cc(F)ccc1Cc1ccc2[nH]nc(N)c2c1. The summed E-state index contributed by atoms with van der Waals surface area (Å²) in [5, 5.41) is 10.4. The molecule has 1 amide bonds. The molecule has 0 spiro atoms. The van der Waals surface area contributed by atoms with Crippen LogP contribution < -0.4 is 15.8 Å². The maximum atomic E-state index is 13.8. The fraction of sp³-hybridized carbons (Fsp3) is 0.364. The number of benzene rings is 2. The van der Waals surface area contributed by atoms with Gasteiger partial charge in [0.15, 0.2) is 5.82 Å². The largest absolute Gasteiger partial charge is 0.493 e. The second-order valence-corrected chi connectivity index (χ2v) is 8.05. The van der Waals surface area contributed by atoms with Crippen LogP contribution >= 0.6 is 0 Å². The number of nitrogen functional groups attached to an aromatic ring is 1. The van der Waals surface area contributed by atoms with Gasteiger partial charge in [-0.15, -0.1) is 0 Å². The predicted octanol–water partition coefficient (Wildman–Crippen LogP) is 4.17. The minimum atomic E-state index is -0.540. The number of hydrogen-bond acceptors (Lipinski definition) is 5. The van der Waals surface area contributed by atoms with Gasteiger partial charge in [0.25, 0.3) is 0 Å². The maximum Gasteiger partial charge on any atom is 0.407 e. The van der Waals surface area contributed by atoms with Crippen molar-refractivity contribution < 1.29 is 18.7 Å². The Kier molecular flexibility index (Phi) is 6.44. The van der Waals surface area contributed by atoms with E-state index in [-0.39, 0.29) is 5.82 Å². The van der Waals surface area contributed by atoms with Crippen LogP contribution in [0.2, 0.25) is 0 Å². The molecule has 1 aromatic heterocycles. The number of alkyl carbamates (subject to hydrolysis) is 1. The Morgan fingerprint density at radius 2 is 2.03 bits per heavy atom.